The Morgan fingerprint density at radius 3 is 2.60 bits per heavy atom. The summed E-state index contributed by atoms with van der Waals surface area (Å²) in [5.74, 6) is -0.128. The number of H-pyrrole nitrogens is 1. The second kappa shape index (κ2) is 6.92. The number of nitrogens with zero attached hydrogens (tertiary/aromatic N) is 1. The second-order valence-electron chi connectivity index (χ2n) is 6.06. The van der Waals surface area contributed by atoms with Crippen molar-refractivity contribution in [3.8, 4) is 0 Å². The molecule has 3 N–H and O–H groups in total. The Labute approximate surface area is 143 Å². The number of hydrogen-bond acceptors (Lipinski definition) is 4. The summed E-state index contributed by atoms with van der Waals surface area (Å²) in [6.07, 6.45) is 1.88. The Morgan fingerprint density at radius 1 is 1.20 bits per heavy atom. The maximum atomic E-state index is 12.2. The number of benzene rings is 1. The standard InChI is InChI=1S/C17H20N4O4/c1-2-21-13-6-5-11(9-12(13)20-16(24)17(21)25)15(23)19-8-7-18-14(22)10-3-4-10/h5-6,9-10H,2-4,7-8H2,1H3,(H,18,22)(H,19,23)(H,20,24). The summed E-state index contributed by atoms with van der Waals surface area (Å²) in [6.45, 7) is 2.84. The molecule has 8 nitrogen and oxygen atoms in total. The number of amides is 2. The van der Waals surface area contributed by atoms with Crippen molar-refractivity contribution >= 4 is 22.8 Å². The average molecular weight is 344 g/mol. The zero-order valence-electron chi connectivity index (χ0n) is 13.9. The zero-order chi connectivity index (χ0) is 18.0. The predicted octanol–water partition coefficient (Wildman–Crippen LogP) is -0.0343. The Hall–Kier alpha value is -2.90. The highest BCUT2D eigenvalue weighted by atomic mass is 16.2. The van der Waals surface area contributed by atoms with Gasteiger partial charge in [-0.3, -0.25) is 19.2 Å². The van der Waals surface area contributed by atoms with Crippen LogP contribution in [0, 0.1) is 5.92 Å². The first kappa shape index (κ1) is 16.9. The Balaban J connectivity index is 1.69. The van der Waals surface area contributed by atoms with Gasteiger partial charge >= 0.3 is 11.1 Å². The molecular formula is C17H20N4O4. The molecular weight excluding hydrogens is 324 g/mol. The van der Waals surface area contributed by atoms with Gasteiger partial charge in [0.05, 0.1) is 11.0 Å². The van der Waals surface area contributed by atoms with E-state index in [-0.39, 0.29) is 17.7 Å². The monoisotopic (exact) mass is 344 g/mol. The molecule has 2 aromatic rings. The van der Waals surface area contributed by atoms with Gasteiger partial charge in [-0.2, -0.15) is 0 Å². The SMILES string of the molecule is CCn1c(=O)c(=O)[nH]c2cc(C(=O)NCCNC(=O)C3CC3)ccc21. The van der Waals surface area contributed by atoms with Gasteiger partial charge in [-0.1, -0.05) is 0 Å². The molecule has 1 aliphatic carbocycles. The Bertz CT molecular complexity index is 940. The van der Waals surface area contributed by atoms with Crippen LogP contribution in [-0.2, 0) is 11.3 Å². The normalized spacial score (nSPS) is 13.6. The summed E-state index contributed by atoms with van der Waals surface area (Å²) >= 11 is 0. The molecule has 0 saturated heterocycles. The molecule has 0 radical (unpaired) electrons. The summed E-state index contributed by atoms with van der Waals surface area (Å²) in [6, 6.07) is 4.78. The van der Waals surface area contributed by atoms with Crippen LogP contribution >= 0.6 is 0 Å². The van der Waals surface area contributed by atoms with Crippen molar-refractivity contribution in [2.75, 3.05) is 13.1 Å². The number of carbonyl (C=O) groups is 2. The summed E-state index contributed by atoms with van der Waals surface area (Å²) in [4.78, 5) is 49.7. The fourth-order valence-corrected chi connectivity index (χ4v) is 2.69. The summed E-state index contributed by atoms with van der Waals surface area (Å²) in [7, 11) is 0. The van der Waals surface area contributed by atoms with Gasteiger partial charge in [0.15, 0.2) is 0 Å². The smallest absolute Gasteiger partial charge is 0.316 e. The van der Waals surface area contributed by atoms with E-state index >= 15 is 0 Å². The average Bonchev–Trinajstić information content (AvgIpc) is 3.44. The molecule has 25 heavy (non-hydrogen) atoms. The van der Waals surface area contributed by atoms with Gasteiger partial charge in [-0.05, 0) is 38.0 Å². The maximum Gasteiger partial charge on any atom is 0.316 e. The topological polar surface area (TPSA) is 113 Å². The third kappa shape index (κ3) is 3.62. The quantitative estimate of drug-likeness (QED) is 0.504. The first-order valence-corrected chi connectivity index (χ1v) is 8.34. The molecule has 3 rings (SSSR count). The van der Waals surface area contributed by atoms with Gasteiger partial charge < -0.3 is 20.2 Å². The van der Waals surface area contributed by atoms with E-state index in [1.807, 2.05) is 0 Å². The molecule has 0 aliphatic heterocycles. The van der Waals surface area contributed by atoms with Gasteiger partial charge in [0, 0.05) is 31.1 Å². The third-order valence-corrected chi connectivity index (χ3v) is 4.21. The van der Waals surface area contributed by atoms with E-state index < -0.39 is 11.1 Å². The van der Waals surface area contributed by atoms with Crippen LogP contribution in [0.5, 0.6) is 0 Å². The van der Waals surface area contributed by atoms with E-state index in [9.17, 15) is 19.2 Å². The summed E-state index contributed by atoms with van der Waals surface area (Å²) in [5.41, 5.74) is 0.0488. The number of aromatic nitrogens is 2. The van der Waals surface area contributed by atoms with E-state index in [2.05, 4.69) is 15.6 Å². The minimum Gasteiger partial charge on any atom is -0.354 e. The van der Waals surface area contributed by atoms with Crippen LogP contribution in [0.15, 0.2) is 27.8 Å². The molecule has 1 fully saturated rings. The molecule has 0 atom stereocenters. The van der Waals surface area contributed by atoms with Gasteiger partial charge in [0.25, 0.3) is 5.91 Å². The maximum absolute atomic E-state index is 12.2. The van der Waals surface area contributed by atoms with Gasteiger partial charge in [0.1, 0.15) is 0 Å². The van der Waals surface area contributed by atoms with Crippen LogP contribution in [-0.4, -0.2) is 34.5 Å². The molecule has 0 bridgehead atoms. The Kier molecular flexibility index (Phi) is 4.69. The summed E-state index contributed by atoms with van der Waals surface area (Å²) in [5, 5.41) is 5.49. The van der Waals surface area contributed by atoms with Crippen molar-refractivity contribution in [2.45, 2.75) is 26.3 Å². The molecule has 1 aliphatic rings. The van der Waals surface area contributed by atoms with Crippen LogP contribution in [0.25, 0.3) is 11.0 Å². The predicted molar refractivity (Wildman–Crippen MR) is 92.6 cm³/mol. The van der Waals surface area contributed by atoms with Crippen molar-refractivity contribution in [3.63, 3.8) is 0 Å². The first-order valence-electron chi connectivity index (χ1n) is 8.34. The molecule has 0 unspecified atom stereocenters. The van der Waals surface area contributed by atoms with Crippen LogP contribution in [0.4, 0.5) is 0 Å². The first-order chi connectivity index (χ1) is 12.0. The van der Waals surface area contributed by atoms with Crippen LogP contribution in [0.1, 0.15) is 30.1 Å². The largest absolute Gasteiger partial charge is 0.354 e. The van der Waals surface area contributed by atoms with Crippen LogP contribution < -0.4 is 21.8 Å². The number of hydrogen-bond donors (Lipinski definition) is 3. The number of nitrogens with one attached hydrogen (secondary N) is 3. The molecule has 1 aromatic carbocycles. The number of carbonyl (C=O) groups excluding carboxylic acids is 2. The molecule has 2 amide bonds. The molecule has 1 saturated carbocycles. The number of fused-ring (bicyclic) bond motifs is 1. The van der Waals surface area contributed by atoms with E-state index in [4.69, 9.17) is 0 Å². The molecule has 1 heterocycles. The lowest BCUT2D eigenvalue weighted by Crippen LogP contribution is -2.36. The summed E-state index contributed by atoms with van der Waals surface area (Å²) < 4.78 is 1.36. The highest BCUT2D eigenvalue weighted by Gasteiger charge is 2.28. The highest BCUT2D eigenvalue weighted by Crippen LogP contribution is 2.28. The Morgan fingerprint density at radius 2 is 1.92 bits per heavy atom. The number of aryl methyl sites for hydroxylation is 1. The van der Waals surface area contributed by atoms with Crippen molar-refractivity contribution in [2.24, 2.45) is 5.92 Å². The van der Waals surface area contributed by atoms with E-state index in [0.717, 1.165) is 12.8 Å². The van der Waals surface area contributed by atoms with Gasteiger partial charge in [0.2, 0.25) is 5.91 Å². The van der Waals surface area contributed by atoms with Crippen molar-refractivity contribution in [3.05, 3.63) is 44.5 Å². The number of aromatic amines is 1. The van der Waals surface area contributed by atoms with Crippen LogP contribution in [0.2, 0.25) is 0 Å². The lowest BCUT2D eigenvalue weighted by Gasteiger charge is -2.09. The van der Waals surface area contributed by atoms with E-state index in [1.165, 1.54) is 4.57 Å². The van der Waals surface area contributed by atoms with Gasteiger partial charge in [-0.15, -0.1) is 0 Å². The van der Waals surface area contributed by atoms with Crippen molar-refractivity contribution < 1.29 is 9.59 Å². The van der Waals surface area contributed by atoms with Crippen molar-refractivity contribution in [1.29, 1.82) is 0 Å². The lowest BCUT2D eigenvalue weighted by atomic mass is 10.1. The minimum atomic E-state index is -0.713. The molecule has 132 valence electrons. The third-order valence-electron chi connectivity index (χ3n) is 4.21. The zero-order valence-corrected chi connectivity index (χ0v) is 13.9. The molecule has 1 aromatic heterocycles. The minimum absolute atomic E-state index is 0.0371. The second-order valence-corrected chi connectivity index (χ2v) is 6.06. The van der Waals surface area contributed by atoms with Gasteiger partial charge in [-0.25, -0.2) is 0 Å². The molecule has 0 spiro atoms. The van der Waals surface area contributed by atoms with E-state index in [0.29, 0.717) is 36.2 Å². The highest BCUT2D eigenvalue weighted by molar-refractivity contribution is 5.97. The fraction of sp³-hybridized carbons (Fsp3) is 0.412. The van der Waals surface area contributed by atoms with E-state index in [1.54, 1.807) is 25.1 Å². The van der Waals surface area contributed by atoms with Crippen LogP contribution in [0.3, 0.4) is 0 Å². The fourth-order valence-electron chi connectivity index (χ4n) is 2.69. The lowest BCUT2D eigenvalue weighted by molar-refractivity contribution is -0.122. The van der Waals surface area contributed by atoms with Crippen molar-refractivity contribution in [1.82, 2.24) is 20.2 Å². The number of rotatable bonds is 6. The molecule has 8 heteroatoms.